The topological polar surface area (TPSA) is 75.6 Å². The van der Waals surface area contributed by atoms with Crippen LogP contribution in [0.2, 0.25) is 5.02 Å². The predicted octanol–water partition coefficient (Wildman–Crippen LogP) is 3.45. The van der Waals surface area contributed by atoms with Crippen LogP contribution in [0.15, 0.2) is 23.6 Å². The van der Waals surface area contributed by atoms with E-state index in [-0.39, 0.29) is 16.3 Å². The molecule has 0 unspecified atom stereocenters. The number of nitrogens with one attached hydrogen (secondary N) is 1. The lowest BCUT2D eigenvalue weighted by Gasteiger charge is -2.08. The molecule has 0 bridgehead atoms. The second-order valence-corrected chi connectivity index (χ2v) is 5.52. The summed E-state index contributed by atoms with van der Waals surface area (Å²) in [5.41, 5.74) is 1.46. The molecule has 1 heterocycles. The summed E-state index contributed by atoms with van der Waals surface area (Å²) >= 11 is 6.97. The average Bonchev–Trinajstić information content (AvgIpc) is 2.82. The zero-order chi connectivity index (χ0) is 15.6. The number of aryl methyl sites for hydroxylation is 1. The molecular weight excluding hydrogens is 314 g/mol. The molecule has 2 aromatic rings. The molecule has 21 heavy (non-hydrogen) atoms. The fourth-order valence-corrected chi connectivity index (χ4v) is 2.78. The van der Waals surface area contributed by atoms with E-state index in [9.17, 15) is 14.7 Å². The Labute approximate surface area is 130 Å². The molecule has 0 atom stereocenters. The first kappa shape index (κ1) is 15.3. The van der Waals surface area contributed by atoms with E-state index in [1.807, 2.05) is 0 Å². The van der Waals surface area contributed by atoms with Gasteiger partial charge in [-0.25, -0.2) is 4.79 Å². The van der Waals surface area contributed by atoms with Crippen molar-refractivity contribution in [3.8, 4) is 5.75 Å². The Hall–Kier alpha value is -2.05. The number of benzene rings is 1. The fourth-order valence-electron chi connectivity index (χ4n) is 1.68. The van der Waals surface area contributed by atoms with Crippen molar-refractivity contribution in [1.29, 1.82) is 0 Å². The van der Waals surface area contributed by atoms with E-state index in [2.05, 4.69) is 10.1 Å². The SMILES string of the molecule is COC(=O)c1scc(C)c1NC(=O)c1ccc(O)c(Cl)c1. The highest BCUT2D eigenvalue weighted by molar-refractivity contribution is 7.12. The molecule has 110 valence electrons. The third-order valence-corrected chi connectivity index (χ3v) is 4.17. The summed E-state index contributed by atoms with van der Waals surface area (Å²) in [4.78, 5) is 24.2. The van der Waals surface area contributed by atoms with E-state index >= 15 is 0 Å². The molecule has 0 radical (unpaired) electrons. The lowest BCUT2D eigenvalue weighted by molar-refractivity contribution is 0.0607. The second kappa shape index (κ2) is 6.15. The van der Waals surface area contributed by atoms with Crippen molar-refractivity contribution in [2.45, 2.75) is 6.92 Å². The summed E-state index contributed by atoms with van der Waals surface area (Å²) < 4.78 is 4.68. The van der Waals surface area contributed by atoms with Gasteiger partial charge in [0.15, 0.2) is 0 Å². The minimum Gasteiger partial charge on any atom is -0.506 e. The Kier molecular flexibility index (Phi) is 4.50. The lowest BCUT2D eigenvalue weighted by Crippen LogP contribution is -2.14. The summed E-state index contributed by atoms with van der Waals surface area (Å²) in [5.74, 6) is -1.04. The summed E-state index contributed by atoms with van der Waals surface area (Å²) in [7, 11) is 1.28. The highest BCUT2D eigenvalue weighted by atomic mass is 35.5. The first-order valence-electron chi connectivity index (χ1n) is 5.90. The standard InChI is InChI=1S/C14H12ClNO4S/c1-7-6-21-12(14(19)20-2)11(7)16-13(18)8-3-4-10(17)9(15)5-8/h3-6,17H,1-2H3,(H,16,18). The number of hydrogen-bond acceptors (Lipinski definition) is 5. The van der Waals surface area contributed by atoms with Crippen LogP contribution in [-0.2, 0) is 4.74 Å². The maximum atomic E-state index is 12.2. The number of aromatic hydroxyl groups is 1. The van der Waals surface area contributed by atoms with E-state index in [0.29, 0.717) is 10.6 Å². The molecule has 0 aliphatic rings. The highest BCUT2D eigenvalue weighted by Crippen LogP contribution is 2.29. The predicted molar refractivity (Wildman–Crippen MR) is 81.5 cm³/mol. The van der Waals surface area contributed by atoms with Gasteiger partial charge >= 0.3 is 5.97 Å². The molecular formula is C14H12ClNO4S. The molecule has 2 rings (SSSR count). The molecule has 2 N–H and O–H groups in total. The van der Waals surface area contributed by atoms with Gasteiger partial charge in [-0.15, -0.1) is 11.3 Å². The van der Waals surface area contributed by atoms with E-state index in [4.69, 9.17) is 11.6 Å². The van der Waals surface area contributed by atoms with Crippen molar-refractivity contribution in [2.24, 2.45) is 0 Å². The number of hydrogen-bond donors (Lipinski definition) is 2. The summed E-state index contributed by atoms with van der Waals surface area (Å²) in [5, 5.41) is 13.9. The maximum absolute atomic E-state index is 12.2. The molecule has 7 heteroatoms. The average molecular weight is 326 g/mol. The first-order chi connectivity index (χ1) is 9.93. The number of halogens is 1. The van der Waals surface area contributed by atoms with Crippen LogP contribution in [0.3, 0.4) is 0 Å². The van der Waals surface area contributed by atoms with Gasteiger partial charge in [-0.3, -0.25) is 4.79 Å². The molecule has 0 aliphatic heterocycles. The van der Waals surface area contributed by atoms with Crippen molar-refractivity contribution < 1.29 is 19.4 Å². The molecule has 0 aliphatic carbocycles. The molecule has 1 amide bonds. The number of phenolic OH excluding ortho intramolecular Hbond substituents is 1. The minimum absolute atomic E-state index is 0.0814. The maximum Gasteiger partial charge on any atom is 0.350 e. The number of anilines is 1. The summed E-state index contributed by atoms with van der Waals surface area (Å²) in [6, 6.07) is 4.13. The largest absolute Gasteiger partial charge is 0.506 e. The van der Waals surface area contributed by atoms with Crippen LogP contribution in [0.25, 0.3) is 0 Å². The van der Waals surface area contributed by atoms with E-state index < -0.39 is 11.9 Å². The Balaban J connectivity index is 2.29. The zero-order valence-corrected chi connectivity index (χ0v) is 12.8. The number of carbonyl (C=O) groups excluding carboxylic acids is 2. The number of esters is 1. The van der Waals surface area contributed by atoms with Gasteiger partial charge in [0.1, 0.15) is 10.6 Å². The van der Waals surface area contributed by atoms with Crippen LogP contribution >= 0.6 is 22.9 Å². The van der Waals surface area contributed by atoms with E-state index in [0.717, 1.165) is 5.56 Å². The Morgan fingerprint density at radius 2 is 2.10 bits per heavy atom. The van der Waals surface area contributed by atoms with Gasteiger partial charge in [0.25, 0.3) is 5.91 Å². The Morgan fingerprint density at radius 1 is 1.38 bits per heavy atom. The quantitative estimate of drug-likeness (QED) is 0.847. The van der Waals surface area contributed by atoms with Crippen LogP contribution in [0.4, 0.5) is 5.69 Å². The zero-order valence-electron chi connectivity index (χ0n) is 11.3. The van der Waals surface area contributed by atoms with E-state index in [1.165, 1.54) is 36.6 Å². The van der Waals surface area contributed by atoms with Gasteiger partial charge in [-0.2, -0.15) is 0 Å². The number of phenols is 1. The third-order valence-electron chi connectivity index (χ3n) is 2.79. The minimum atomic E-state index is -0.507. The Bertz CT molecular complexity index is 711. The van der Waals surface area contributed by atoms with Gasteiger partial charge < -0.3 is 15.2 Å². The second-order valence-electron chi connectivity index (χ2n) is 4.23. The number of thiophene rings is 1. The van der Waals surface area contributed by atoms with Gasteiger partial charge in [0.05, 0.1) is 17.8 Å². The Morgan fingerprint density at radius 3 is 2.71 bits per heavy atom. The van der Waals surface area contributed by atoms with Crippen molar-refractivity contribution in [2.75, 3.05) is 12.4 Å². The number of carbonyl (C=O) groups is 2. The van der Waals surface area contributed by atoms with Crippen molar-refractivity contribution >= 4 is 40.5 Å². The number of ether oxygens (including phenoxy) is 1. The number of methoxy groups -OCH3 is 1. The van der Waals surface area contributed by atoms with Gasteiger partial charge in [-0.05, 0) is 36.1 Å². The van der Waals surface area contributed by atoms with Crippen LogP contribution in [0.1, 0.15) is 25.6 Å². The summed E-state index contributed by atoms with van der Waals surface area (Å²) in [6.45, 7) is 1.78. The number of amides is 1. The highest BCUT2D eigenvalue weighted by Gasteiger charge is 2.19. The van der Waals surface area contributed by atoms with Crippen molar-refractivity contribution in [1.82, 2.24) is 0 Å². The fraction of sp³-hybridized carbons (Fsp3) is 0.143. The lowest BCUT2D eigenvalue weighted by atomic mass is 10.2. The van der Waals surface area contributed by atoms with Crippen LogP contribution in [0.5, 0.6) is 5.75 Å². The van der Waals surface area contributed by atoms with Crippen LogP contribution in [-0.4, -0.2) is 24.1 Å². The number of rotatable bonds is 3. The molecule has 0 spiro atoms. The molecule has 5 nitrogen and oxygen atoms in total. The van der Waals surface area contributed by atoms with Crippen molar-refractivity contribution in [3.63, 3.8) is 0 Å². The van der Waals surface area contributed by atoms with Gasteiger partial charge in [-0.1, -0.05) is 11.6 Å². The smallest absolute Gasteiger partial charge is 0.350 e. The summed E-state index contributed by atoms with van der Waals surface area (Å²) in [6.07, 6.45) is 0. The van der Waals surface area contributed by atoms with Gasteiger partial charge in [0, 0.05) is 5.56 Å². The normalized spacial score (nSPS) is 10.2. The van der Waals surface area contributed by atoms with Gasteiger partial charge in [0.2, 0.25) is 0 Å². The monoisotopic (exact) mass is 325 g/mol. The molecule has 0 fully saturated rings. The molecule has 1 aromatic carbocycles. The van der Waals surface area contributed by atoms with Crippen LogP contribution < -0.4 is 5.32 Å². The molecule has 1 aromatic heterocycles. The van der Waals surface area contributed by atoms with Crippen molar-refractivity contribution in [3.05, 3.63) is 44.6 Å². The first-order valence-corrected chi connectivity index (χ1v) is 7.16. The van der Waals surface area contributed by atoms with Crippen LogP contribution in [0, 0.1) is 6.92 Å². The third kappa shape index (κ3) is 3.17. The van der Waals surface area contributed by atoms with E-state index in [1.54, 1.807) is 12.3 Å². The molecule has 0 saturated heterocycles. The molecule has 0 saturated carbocycles.